The van der Waals surface area contributed by atoms with E-state index in [9.17, 15) is 23.1 Å². The van der Waals surface area contributed by atoms with E-state index < -0.39 is 23.5 Å². The number of rotatable bonds is 7. The van der Waals surface area contributed by atoms with E-state index in [1.165, 1.54) is 30.4 Å². The molecule has 2 heterocycles. The van der Waals surface area contributed by atoms with Crippen LogP contribution in [0.3, 0.4) is 0 Å². The van der Waals surface area contributed by atoms with Crippen LogP contribution in [0.5, 0.6) is 17.2 Å². The van der Waals surface area contributed by atoms with Gasteiger partial charge in [-0.2, -0.15) is 0 Å². The van der Waals surface area contributed by atoms with Crippen LogP contribution in [-0.4, -0.2) is 78.2 Å². The zero-order valence-corrected chi connectivity index (χ0v) is 23.0. The third-order valence-electron chi connectivity index (χ3n) is 9.47. The van der Waals surface area contributed by atoms with Gasteiger partial charge in [-0.1, -0.05) is 24.3 Å². The van der Waals surface area contributed by atoms with Crippen molar-refractivity contribution in [3.05, 3.63) is 71.8 Å². The lowest BCUT2D eigenvalue weighted by atomic mass is 9.48. The highest BCUT2D eigenvalue weighted by Gasteiger charge is 2.73. The van der Waals surface area contributed by atoms with E-state index in [1.54, 1.807) is 25.1 Å². The number of ether oxygens (including phenoxy) is 3. The Hall–Kier alpha value is -3.50. The number of alkyl halides is 3. The molecule has 0 aromatic heterocycles. The molecule has 4 aliphatic rings. The lowest BCUT2D eigenvalue weighted by Crippen LogP contribution is -2.78. The van der Waals surface area contributed by atoms with Crippen LogP contribution in [0, 0.1) is 0 Å². The van der Waals surface area contributed by atoms with Crippen molar-refractivity contribution in [2.45, 2.75) is 61.2 Å². The van der Waals surface area contributed by atoms with E-state index in [4.69, 9.17) is 9.47 Å². The Labute approximate surface area is 236 Å². The number of hydrogen-bond acceptors (Lipinski definition) is 6. The zero-order valence-electron chi connectivity index (χ0n) is 23.0. The van der Waals surface area contributed by atoms with Gasteiger partial charge in [0.1, 0.15) is 11.9 Å². The molecule has 1 saturated heterocycles. The molecule has 2 bridgehead atoms. The third-order valence-corrected chi connectivity index (χ3v) is 9.47. The Kier molecular flexibility index (Phi) is 6.61. The summed E-state index contributed by atoms with van der Waals surface area (Å²) >= 11 is 0. The number of piperidine rings is 1. The van der Waals surface area contributed by atoms with Crippen LogP contribution in [0.4, 0.5) is 13.2 Å². The fourth-order valence-corrected chi connectivity index (χ4v) is 7.80. The highest BCUT2D eigenvalue weighted by molar-refractivity contribution is 5.92. The topological polar surface area (TPSA) is 71.5 Å². The number of benzene rings is 2. The van der Waals surface area contributed by atoms with Crippen molar-refractivity contribution in [1.29, 1.82) is 0 Å². The summed E-state index contributed by atoms with van der Waals surface area (Å²) in [6, 6.07) is 8.97. The maximum atomic E-state index is 13.4. The van der Waals surface area contributed by atoms with Gasteiger partial charge in [0.15, 0.2) is 11.5 Å². The molecular formula is C31H33F3N2O5. The van der Waals surface area contributed by atoms with Crippen LogP contribution in [-0.2, 0) is 16.6 Å². The number of likely N-dealkylation sites (tertiary alicyclic amines) is 1. The average Bonchev–Trinajstić information content (AvgIpc) is 3.27. The largest absolute Gasteiger partial charge is 0.573 e. The highest BCUT2D eigenvalue weighted by atomic mass is 19.4. The number of hydrogen-bond donors (Lipinski definition) is 1. The summed E-state index contributed by atoms with van der Waals surface area (Å²) in [4.78, 5) is 17.4. The summed E-state index contributed by atoms with van der Waals surface area (Å²) in [5, 5.41) is 12.6. The average molecular weight is 571 g/mol. The van der Waals surface area contributed by atoms with E-state index in [-0.39, 0.29) is 23.7 Å². The van der Waals surface area contributed by atoms with Gasteiger partial charge in [0.25, 0.3) is 0 Å². The lowest BCUT2D eigenvalue weighted by Gasteiger charge is -2.64. The molecule has 5 atom stereocenters. The van der Waals surface area contributed by atoms with Crippen LogP contribution < -0.4 is 14.2 Å². The number of methoxy groups -OCH3 is 1. The summed E-state index contributed by atoms with van der Waals surface area (Å²) in [6.07, 6.45) is 1.74. The van der Waals surface area contributed by atoms with E-state index in [2.05, 4.69) is 22.3 Å². The molecular weight excluding hydrogens is 537 g/mol. The Bertz CT molecular complexity index is 1410. The second-order valence-electron chi connectivity index (χ2n) is 11.3. The zero-order chi connectivity index (χ0) is 29.2. The maximum absolute atomic E-state index is 13.4. The number of halogens is 3. The summed E-state index contributed by atoms with van der Waals surface area (Å²) < 4.78 is 54.3. The van der Waals surface area contributed by atoms with Gasteiger partial charge in [-0.05, 0) is 67.6 Å². The Morgan fingerprint density at radius 3 is 2.83 bits per heavy atom. The first-order valence-corrected chi connectivity index (χ1v) is 13.8. The molecule has 1 spiro atoms. The monoisotopic (exact) mass is 570 g/mol. The minimum absolute atomic E-state index is 0.111. The number of amides is 1. The van der Waals surface area contributed by atoms with Gasteiger partial charge in [0.05, 0.1) is 24.2 Å². The molecule has 6 rings (SSSR count). The fourth-order valence-electron chi connectivity index (χ4n) is 7.80. The fraction of sp³-hybridized carbons (Fsp3) is 0.452. The van der Waals surface area contributed by atoms with Gasteiger partial charge in [0, 0.05) is 31.3 Å². The van der Waals surface area contributed by atoms with Gasteiger partial charge >= 0.3 is 6.36 Å². The molecule has 7 nitrogen and oxygen atoms in total. The standard InChI is InChI=1S/C31H33F3N2O5/c1-4-15-36-16-14-29-26-20-9-10-23(39-3)27(26)40-28(29)22(12-13-30(29,38)24(36)18-20)35(2)25(37)11-8-19-6-5-7-21(17-19)41-31(32,33)34/h4-11,17,22,24,28,38H,1,12-16,18H2,2-3H3/t22-,24+,28-,29-,30+/m0/s1. The van der Waals surface area contributed by atoms with Gasteiger partial charge < -0.3 is 24.2 Å². The summed E-state index contributed by atoms with van der Waals surface area (Å²) in [6.45, 7) is 5.35. The molecule has 1 N–H and O–H groups in total. The first-order chi connectivity index (χ1) is 19.5. The predicted octanol–water partition coefficient (Wildman–Crippen LogP) is 4.47. The van der Waals surface area contributed by atoms with Crippen LogP contribution in [0.15, 0.2) is 55.1 Å². The molecule has 2 aliphatic carbocycles. The van der Waals surface area contributed by atoms with Crippen molar-refractivity contribution in [3.8, 4) is 17.2 Å². The molecule has 0 radical (unpaired) electrons. The van der Waals surface area contributed by atoms with Crippen molar-refractivity contribution in [2.24, 2.45) is 0 Å². The highest BCUT2D eigenvalue weighted by Crippen LogP contribution is 2.65. The maximum Gasteiger partial charge on any atom is 0.573 e. The Morgan fingerprint density at radius 2 is 2.10 bits per heavy atom. The van der Waals surface area contributed by atoms with Crippen molar-refractivity contribution < 1.29 is 37.3 Å². The summed E-state index contributed by atoms with van der Waals surface area (Å²) in [5.41, 5.74) is 0.757. The van der Waals surface area contributed by atoms with Crippen LogP contribution in [0.25, 0.3) is 6.08 Å². The minimum atomic E-state index is -4.80. The lowest BCUT2D eigenvalue weighted by molar-refractivity contribution is -0.274. The van der Waals surface area contributed by atoms with Gasteiger partial charge in [-0.3, -0.25) is 9.69 Å². The Morgan fingerprint density at radius 1 is 1.29 bits per heavy atom. The minimum Gasteiger partial charge on any atom is -0.493 e. The van der Waals surface area contributed by atoms with E-state index >= 15 is 0 Å². The molecule has 1 amide bonds. The Balaban J connectivity index is 1.32. The molecule has 41 heavy (non-hydrogen) atoms. The van der Waals surface area contributed by atoms with Crippen LogP contribution in [0.2, 0.25) is 0 Å². The first kappa shape index (κ1) is 27.7. The summed E-state index contributed by atoms with van der Waals surface area (Å²) in [7, 11) is 3.30. The molecule has 10 heteroatoms. The van der Waals surface area contributed by atoms with Gasteiger partial charge in [-0.15, -0.1) is 19.8 Å². The number of nitrogens with zero attached hydrogens (tertiary/aromatic N) is 2. The van der Waals surface area contributed by atoms with Crippen molar-refractivity contribution in [2.75, 3.05) is 27.2 Å². The summed E-state index contributed by atoms with van der Waals surface area (Å²) in [5.74, 6) is 0.578. The normalized spacial score (nSPS) is 30.0. The van der Waals surface area contributed by atoms with E-state index in [1.807, 2.05) is 12.1 Å². The SMILES string of the molecule is C=CCN1CC[C@]23c4c5ccc(OC)c4O[C@H]2[C@@H](N(C)C(=O)C=Cc2cccc(OC(F)(F)F)c2)CC[C@@]3(O)[C@H]1C5. The second kappa shape index (κ2) is 9.80. The molecule has 2 aliphatic heterocycles. The van der Waals surface area contributed by atoms with E-state index in [0.29, 0.717) is 49.3 Å². The number of carbonyl (C=O) groups excluding carboxylic acids is 1. The molecule has 2 aromatic rings. The van der Waals surface area contributed by atoms with Crippen LogP contribution >= 0.6 is 0 Å². The third kappa shape index (κ3) is 4.22. The quantitative estimate of drug-likeness (QED) is 0.391. The van der Waals surface area contributed by atoms with Crippen molar-refractivity contribution in [3.63, 3.8) is 0 Å². The van der Waals surface area contributed by atoms with Crippen molar-refractivity contribution in [1.82, 2.24) is 9.80 Å². The number of carbonyl (C=O) groups is 1. The molecule has 218 valence electrons. The van der Waals surface area contributed by atoms with Gasteiger partial charge in [0.2, 0.25) is 5.91 Å². The van der Waals surface area contributed by atoms with Gasteiger partial charge in [-0.25, -0.2) is 0 Å². The molecule has 2 aromatic carbocycles. The van der Waals surface area contributed by atoms with Crippen LogP contribution in [0.1, 0.15) is 36.0 Å². The predicted molar refractivity (Wildman–Crippen MR) is 146 cm³/mol. The molecule has 1 saturated carbocycles. The van der Waals surface area contributed by atoms with Crippen molar-refractivity contribution >= 4 is 12.0 Å². The number of aliphatic hydroxyl groups is 1. The molecule has 0 unspecified atom stereocenters. The molecule has 2 fully saturated rings. The number of likely N-dealkylation sites (N-methyl/N-ethyl adjacent to an activating group) is 1. The smallest absolute Gasteiger partial charge is 0.493 e. The van der Waals surface area contributed by atoms with E-state index in [0.717, 1.165) is 17.7 Å². The second-order valence-corrected chi connectivity index (χ2v) is 11.3. The first-order valence-electron chi connectivity index (χ1n) is 13.8.